The molecule has 2 rings (SSSR count). The Morgan fingerprint density at radius 1 is 1.05 bits per heavy atom. The van der Waals surface area contributed by atoms with Gasteiger partial charge in [-0.3, -0.25) is 0 Å². The highest BCUT2D eigenvalue weighted by atomic mass is 19.1. The van der Waals surface area contributed by atoms with Crippen LogP contribution >= 0.6 is 0 Å². The van der Waals surface area contributed by atoms with Crippen molar-refractivity contribution in [3.8, 4) is 5.75 Å². The number of nitrogens with two attached hydrogens (primary N) is 1. The molecule has 0 saturated carbocycles. The van der Waals surface area contributed by atoms with Crippen molar-refractivity contribution in [3.63, 3.8) is 0 Å². The van der Waals surface area contributed by atoms with Crippen LogP contribution in [0, 0.1) is 0 Å². The number of alkyl halides is 1. The average molecular weight is 259 g/mol. The molecule has 0 bridgehead atoms. The molecule has 0 spiro atoms. The van der Waals surface area contributed by atoms with Gasteiger partial charge in [0.1, 0.15) is 5.75 Å². The van der Waals surface area contributed by atoms with Gasteiger partial charge in [-0.25, -0.2) is 4.39 Å². The molecule has 2 nitrogen and oxygen atoms in total. The Balaban J connectivity index is 2.53. The highest BCUT2D eigenvalue weighted by Gasteiger charge is 2.35. The minimum Gasteiger partial charge on any atom is -0.493 e. The first kappa shape index (κ1) is 13.6. The summed E-state index contributed by atoms with van der Waals surface area (Å²) >= 11 is 0. The van der Waals surface area contributed by atoms with Crippen LogP contribution < -0.4 is 10.5 Å². The molecule has 100 valence electrons. The minimum atomic E-state index is -1.73. The van der Waals surface area contributed by atoms with Gasteiger partial charge in [0.05, 0.1) is 6.61 Å². The molecule has 0 aliphatic heterocycles. The fraction of sp³-hybridized carbons (Fsp3) is 0.250. The highest BCUT2D eigenvalue weighted by Crippen LogP contribution is 2.38. The van der Waals surface area contributed by atoms with Crippen LogP contribution in [0.15, 0.2) is 54.6 Å². The summed E-state index contributed by atoms with van der Waals surface area (Å²) in [5.74, 6) is 0.543. The van der Waals surface area contributed by atoms with Crippen molar-refractivity contribution < 1.29 is 9.13 Å². The average Bonchev–Trinajstić information content (AvgIpc) is 2.48. The Morgan fingerprint density at radius 2 is 1.68 bits per heavy atom. The third-order valence-corrected chi connectivity index (χ3v) is 3.13. The second-order valence-electron chi connectivity index (χ2n) is 4.30. The van der Waals surface area contributed by atoms with Crippen molar-refractivity contribution in [2.45, 2.75) is 12.6 Å². The standard InChI is InChI=1S/C16H18FNO/c1-2-19-15-11-7-6-10-14(15)16(17,12-18)13-8-4-3-5-9-13/h3-11H,2,12,18H2,1H3. The van der Waals surface area contributed by atoms with Crippen LogP contribution in [0.25, 0.3) is 0 Å². The van der Waals surface area contributed by atoms with Gasteiger partial charge in [0.25, 0.3) is 0 Å². The van der Waals surface area contributed by atoms with E-state index in [1.165, 1.54) is 0 Å². The van der Waals surface area contributed by atoms with Crippen LogP contribution in [-0.2, 0) is 5.67 Å². The van der Waals surface area contributed by atoms with Crippen molar-refractivity contribution >= 4 is 0 Å². The van der Waals surface area contributed by atoms with E-state index in [0.29, 0.717) is 23.5 Å². The smallest absolute Gasteiger partial charge is 0.176 e. The monoisotopic (exact) mass is 259 g/mol. The number of benzene rings is 2. The van der Waals surface area contributed by atoms with Gasteiger partial charge in [0.2, 0.25) is 0 Å². The van der Waals surface area contributed by atoms with Crippen LogP contribution in [0.1, 0.15) is 18.1 Å². The van der Waals surface area contributed by atoms with E-state index < -0.39 is 5.67 Å². The molecular weight excluding hydrogens is 241 g/mol. The molecule has 3 heteroatoms. The predicted molar refractivity (Wildman–Crippen MR) is 75.0 cm³/mol. The zero-order chi connectivity index (χ0) is 13.7. The van der Waals surface area contributed by atoms with E-state index in [-0.39, 0.29) is 6.54 Å². The first-order valence-electron chi connectivity index (χ1n) is 6.39. The van der Waals surface area contributed by atoms with Crippen LogP contribution in [-0.4, -0.2) is 13.2 Å². The molecule has 0 aliphatic carbocycles. The van der Waals surface area contributed by atoms with E-state index in [1.54, 1.807) is 30.3 Å². The topological polar surface area (TPSA) is 35.2 Å². The molecule has 0 aromatic heterocycles. The molecule has 1 unspecified atom stereocenters. The van der Waals surface area contributed by atoms with E-state index in [2.05, 4.69) is 0 Å². The number of rotatable bonds is 5. The lowest BCUT2D eigenvalue weighted by atomic mass is 9.87. The lowest BCUT2D eigenvalue weighted by molar-refractivity contribution is 0.220. The quantitative estimate of drug-likeness (QED) is 0.894. The summed E-state index contributed by atoms with van der Waals surface area (Å²) in [5, 5.41) is 0. The van der Waals surface area contributed by atoms with Crippen LogP contribution in [0.2, 0.25) is 0 Å². The van der Waals surface area contributed by atoms with Gasteiger partial charge in [-0.2, -0.15) is 0 Å². The first-order valence-corrected chi connectivity index (χ1v) is 6.39. The highest BCUT2D eigenvalue weighted by molar-refractivity contribution is 5.45. The Bertz CT molecular complexity index is 529. The van der Waals surface area contributed by atoms with Gasteiger partial charge in [0, 0.05) is 12.1 Å². The summed E-state index contributed by atoms with van der Waals surface area (Å²) in [6.45, 7) is 2.25. The molecule has 19 heavy (non-hydrogen) atoms. The molecule has 0 heterocycles. The Hall–Kier alpha value is -1.87. The van der Waals surface area contributed by atoms with Crippen LogP contribution in [0.5, 0.6) is 5.75 Å². The molecule has 2 N–H and O–H groups in total. The Labute approximate surface area is 113 Å². The molecular formula is C16H18FNO. The lowest BCUT2D eigenvalue weighted by Crippen LogP contribution is -2.32. The molecule has 1 atom stereocenters. The number of para-hydroxylation sites is 1. The second-order valence-corrected chi connectivity index (χ2v) is 4.30. The molecule has 0 aliphatic rings. The van der Waals surface area contributed by atoms with E-state index in [0.717, 1.165) is 0 Å². The number of hydrogen-bond donors (Lipinski definition) is 1. The fourth-order valence-corrected chi connectivity index (χ4v) is 2.16. The summed E-state index contributed by atoms with van der Waals surface area (Å²) in [7, 11) is 0. The maximum atomic E-state index is 15.4. The van der Waals surface area contributed by atoms with Gasteiger partial charge in [-0.15, -0.1) is 0 Å². The van der Waals surface area contributed by atoms with Gasteiger partial charge in [0.15, 0.2) is 5.67 Å². The maximum Gasteiger partial charge on any atom is 0.176 e. The van der Waals surface area contributed by atoms with E-state index in [1.807, 2.05) is 31.2 Å². The Morgan fingerprint density at radius 3 is 2.32 bits per heavy atom. The molecule has 2 aromatic rings. The zero-order valence-corrected chi connectivity index (χ0v) is 11.0. The van der Waals surface area contributed by atoms with Crippen molar-refractivity contribution in [2.24, 2.45) is 5.73 Å². The predicted octanol–water partition coefficient (Wildman–Crippen LogP) is 3.26. The number of ether oxygens (including phenoxy) is 1. The number of halogens is 1. The normalized spacial score (nSPS) is 13.8. The molecule has 0 fully saturated rings. The van der Waals surface area contributed by atoms with Crippen molar-refractivity contribution in [2.75, 3.05) is 13.2 Å². The fourth-order valence-electron chi connectivity index (χ4n) is 2.16. The van der Waals surface area contributed by atoms with Gasteiger partial charge < -0.3 is 10.5 Å². The maximum absolute atomic E-state index is 15.4. The van der Waals surface area contributed by atoms with Gasteiger partial charge >= 0.3 is 0 Å². The SMILES string of the molecule is CCOc1ccccc1C(F)(CN)c1ccccc1. The van der Waals surface area contributed by atoms with Crippen molar-refractivity contribution in [1.82, 2.24) is 0 Å². The van der Waals surface area contributed by atoms with Crippen LogP contribution in [0.4, 0.5) is 4.39 Å². The van der Waals surface area contributed by atoms with Crippen molar-refractivity contribution in [3.05, 3.63) is 65.7 Å². The van der Waals surface area contributed by atoms with Crippen molar-refractivity contribution in [1.29, 1.82) is 0 Å². The summed E-state index contributed by atoms with van der Waals surface area (Å²) in [6.07, 6.45) is 0. The third-order valence-electron chi connectivity index (χ3n) is 3.13. The van der Waals surface area contributed by atoms with E-state index >= 15 is 4.39 Å². The molecule has 2 aromatic carbocycles. The van der Waals surface area contributed by atoms with E-state index in [9.17, 15) is 0 Å². The Kier molecular flexibility index (Phi) is 4.17. The largest absolute Gasteiger partial charge is 0.493 e. The summed E-state index contributed by atoms with van der Waals surface area (Å²) in [5.41, 5.74) is 5.00. The summed E-state index contributed by atoms with van der Waals surface area (Å²) in [6, 6.07) is 16.1. The first-order chi connectivity index (χ1) is 9.22. The van der Waals surface area contributed by atoms with Gasteiger partial charge in [-0.05, 0) is 18.6 Å². The van der Waals surface area contributed by atoms with Crippen LogP contribution in [0.3, 0.4) is 0 Å². The minimum absolute atomic E-state index is 0.124. The molecule has 0 radical (unpaired) electrons. The van der Waals surface area contributed by atoms with E-state index in [4.69, 9.17) is 10.5 Å². The zero-order valence-electron chi connectivity index (χ0n) is 11.0. The number of hydrogen-bond acceptors (Lipinski definition) is 2. The van der Waals surface area contributed by atoms with Gasteiger partial charge in [-0.1, -0.05) is 48.5 Å². The molecule has 0 saturated heterocycles. The third kappa shape index (κ3) is 2.61. The lowest BCUT2D eigenvalue weighted by Gasteiger charge is -2.26. The second kappa shape index (κ2) is 5.85. The summed E-state index contributed by atoms with van der Waals surface area (Å²) < 4.78 is 20.9. The summed E-state index contributed by atoms with van der Waals surface area (Å²) in [4.78, 5) is 0. The molecule has 0 amide bonds.